The molecule has 18 heavy (non-hydrogen) atoms. The quantitative estimate of drug-likeness (QED) is 0.898. The van der Waals surface area contributed by atoms with Gasteiger partial charge in [-0.1, -0.05) is 6.07 Å². The van der Waals surface area contributed by atoms with Gasteiger partial charge in [-0.25, -0.2) is 4.39 Å². The van der Waals surface area contributed by atoms with E-state index in [4.69, 9.17) is 9.68 Å². The molecule has 0 aliphatic carbocycles. The third-order valence-electron chi connectivity index (χ3n) is 2.75. The van der Waals surface area contributed by atoms with Crippen molar-refractivity contribution >= 4 is 0 Å². The normalized spacial score (nSPS) is 12.1. The van der Waals surface area contributed by atoms with Crippen LogP contribution in [-0.2, 0) is 6.54 Å². The first-order chi connectivity index (χ1) is 8.70. The van der Waals surface area contributed by atoms with Gasteiger partial charge >= 0.3 is 0 Å². The second-order valence-corrected chi connectivity index (χ2v) is 4.04. The molecule has 1 aromatic carbocycles. The highest BCUT2D eigenvalue weighted by Crippen LogP contribution is 2.15. The van der Waals surface area contributed by atoms with Gasteiger partial charge in [0.2, 0.25) is 0 Å². The zero-order valence-corrected chi connectivity index (χ0v) is 9.98. The molecule has 0 bridgehead atoms. The summed E-state index contributed by atoms with van der Waals surface area (Å²) in [7, 11) is 0. The minimum Gasteiger partial charge on any atom is -0.468 e. The first kappa shape index (κ1) is 12.3. The Hall–Kier alpha value is -2.12. The van der Waals surface area contributed by atoms with Gasteiger partial charge in [0.1, 0.15) is 11.6 Å². The largest absolute Gasteiger partial charge is 0.468 e. The van der Waals surface area contributed by atoms with Crippen molar-refractivity contribution in [3.05, 3.63) is 59.3 Å². The van der Waals surface area contributed by atoms with Crippen LogP contribution >= 0.6 is 0 Å². The summed E-state index contributed by atoms with van der Waals surface area (Å²) in [6.07, 6.45) is 1.61. The SMILES string of the molecule is CC(NCc1ccc(C#N)cc1F)c1ccco1. The van der Waals surface area contributed by atoms with E-state index < -0.39 is 0 Å². The van der Waals surface area contributed by atoms with Crippen LogP contribution < -0.4 is 5.32 Å². The highest BCUT2D eigenvalue weighted by atomic mass is 19.1. The maximum absolute atomic E-state index is 13.6. The van der Waals surface area contributed by atoms with Crippen molar-refractivity contribution < 1.29 is 8.81 Å². The van der Waals surface area contributed by atoms with Crippen LogP contribution in [0.5, 0.6) is 0 Å². The monoisotopic (exact) mass is 244 g/mol. The van der Waals surface area contributed by atoms with Crippen molar-refractivity contribution in [2.75, 3.05) is 0 Å². The molecule has 0 radical (unpaired) electrons. The molecule has 0 saturated heterocycles. The summed E-state index contributed by atoms with van der Waals surface area (Å²) in [6.45, 7) is 2.33. The van der Waals surface area contributed by atoms with Gasteiger partial charge in [-0.3, -0.25) is 0 Å². The number of rotatable bonds is 4. The Morgan fingerprint density at radius 3 is 2.89 bits per heavy atom. The van der Waals surface area contributed by atoms with E-state index in [1.165, 1.54) is 6.07 Å². The molecule has 1 N–H and O–H groups in total. The number of nitriles is 1. The summed E-state index contributed by atoms with van der Waals surface area (Å²) in [5, 5.41) is 11.8. The predicted octanol–water partition coefficient (Wildman–Crippen LogP) is 3.14. The average Bonchev–Trinajstić information content (AvgIpc) is 2.90. The van der Waals surface area contributed by atoms with Crippen LogP contribution in [0.1, 0.15) is 29.9 Å². The van der Waals surface area contributed by atoms with Crippen LogP contribution in [0, 0.1) is 17.1 Å². The van der Waals surface area contributed by atoms with E-state index in [1.54, 1.807) is 18.4 Å². The summed E-state index contributed by atoms with van der Waals surface area (Å²) in [5.41, 5.74) is 0.864. The average molecular weight is 244 g/mol. The third kappa shape index (κ3) is 2.76. The number of halogens is 1. The number of furan rings is 1. The lowest BCUT2D eigenvalue weighted by atomic mass is 10.1. The zero-order valence-electron chi connectivity index (χ0n) is 9.98. The molecule has 1 atom stereocenters. The summed E-state index contributed by atoms with van der Waals surface area (Å²) >= 11 is 0. The maximum Gasteiger partial charge on any atom is 0.129 e. The molecule has 1 heterocycles. The van der Waals surface area contributed by atoms with Crippen LogP contribution in [0.2, 0.25) is 0 Å². The Balaban J connectivity index is 2.00. The van der Waals surface area contributed by atoms with Gasteiger partial charge in [-0.2, -0.15) is 5.26 Å². The fraction of sp³-hybridized carbons (Fsp3) is 0.214. The molecule has 2 aromatic rings. The predicted molar refractivity (Wildman–Crippen MR) is 65.1 cm³/mol. The van der Waals surface area contributed by atoms with Gasteiger partial charge in [0.25, 0.3) is 0 Å². The number of nitrogens with one attached hydrogen (secondary N) is 1. The fourth-order valence-electron chi connectivity index (χ4n) is 1.66. The van der Waals surface area contributed by atoms with Gasteiger partial charge in [0.05, 0.1) is 23.9 Å². The van der Waals surface area contributed by atoms with E-state index in [9.17, 15) is 4.39 Å². The van der Waals surface area contributed by atoms with Crippen molar-refractivity contribution in [3.63, 3.8) is 0 Å². The van der Waals surface area contributed by atoms with Crippen molar-refractivity contribution in [1.82, 2.24) is 5.32 Å². The van der Waals surface area contributed by atoms with Gasteiger partial charge < -0.3 is 9.73 Å². The molecule has 0 saturated carbocycles. The molecule has 92 valence electrons. The Labute approximate surface area is 105 Å². The second-order valence-electron chi connectivity index (χ2n) is 4.04. The van der Waals surface area contributed by atoms with Crippen LogP contribution in [0.3, 0.4) is 0 Å². The lowest BCUT2D eigenvalue weighted by Gasteiger charge is -2.11. The number of benzene rings is 1. The minimum absolute atomic E-state index is 0.00930. The van der Waals surface area contributed by atoms with Crippen LogP contribution in [-0.4, -0.2) is 0 Å². The van der Waals surface area contributed by atoms with Crippen molar-refractivity contribution in [2.24, 2.45) is 0 Å². The Morgan fingerprint density at radius 1 is 1.44 bits per heavy atom. The van der Waals surface area contributed by atoms with Crippen molar-refractivity contribution in [1.29, 1.82) is 5.26 Å². The molecular weight excluding hydrogens is 231 g/mol. The van der Waals surface area contributed by atoms with Crippen molar-refractivity contribution in [2.45, 2.75) is 19.5 Å². The van der Waals surface area contributed by atoms with E-state index in [0.717, 1.165) is 5.76 Å². The van der Waals surface area contributed by atoms with Crippen molar-refractivity contribution in [3.8, 4) is 6.07 Å². The van der Waals surface area contributed by atoms with E-state index in [0.29, 0.717) is 17.7 Å². The van der Waals surface area contributed by atoms with E-state index in [2.05, 4.69) is 5.32 Å². The van der Waals surface area contributed by atoms with Gasteiger partial charge in [0, 0.05) is 12.1 Å². The van der Waals surface area contributed by atoms with E-state index in [-0.39, 0.29) is 11.9 Å². The number of hydrogen-bond acceptors (Lipinski definition) is 3. The topological polar surface area (TPSA) is 49.0 Å². The summed E-state index contributed by atoms with van der Waals surface area (Å²) in [4.78, 5) is 0. The molecule has 2 rings (SSSR count). The molecule has 3 nitrogen and oxygen atoms in total. The van der Waals surface area contributed by atoms with Crippen LogP contribution in [0.15, 0.2) is 41.0 Å². The smallest absolute Gasteiger partial charge is 0.129 e. The lowest BCUT2D eigenvalue weighted by Crippen LogP contribution is -2.18. The highest BCUT2D eigenvalue weighted by molar-refractivity contribution is 5.32. The zero-order chi connectivity index (χ0) is 13.0. The second kappa shape index (κ2) is 5.48. The van der Waals surface area contributed by atoms with Gasteiger partial charge in [-0.05, 0) is 31.2 Å². The van der Waals surface area contributed by atoms with Crippen LogP contribution in [0.25, 0.3) is 0 Å². The number of nitrogens with zero attached hydrogens (tertiary/aromatic N) is 1. The molecule has 0 amide bonds. The molecule has 0 aliphatic rings. The number of hydrogen-bond donors (Lipinski definition) is 1. The Kier molecular flexibility index (Phi) is 3.75. The minimum atomic E-state index is -0.367. The fourth-order valence-corrected chi connectivity index (χ4v) is 1.66. The molecule has 1 unspecified atom stereocenters. The maximum atomic E-state index is 13.6. The Bertz CT molecular complexity index is 558. The first-order valence-corrected chi connectivity index (χ1v) is 5.66. The summed E-state index contributed by atoms with van der Waals surface area (Å²) < 4.78 is 18.9. The van der Waals surface area contributed by atoms with E-state index >= 15 is 0 Å². The molecule has 0 aliphatic heterocycles. The van der Waals surface area contributed by atoms with E-state index in [1.807, 2.05) is 25.1 Å². The molecule has 0 fully saturated rings. The first-order valence-electron chi connectivity index (χ1n) is 5.66. The van der Waals surface area contributed by atoms with Gasteiger partial charge in [-0.15, -0.1) is 0 Å². The molecular formula is C14H13FN2O. The lowest BCUT2D eigenvalue weighted by molar-refractivity contribution is 0.427. The molecule has 1 aromatic heterocycles. The molecule has 4 heteroatoms. The molecule has 0 spiro atoms. The summed E-state index contributed by atoms with van der Waals surface area (Å²) in [6, 6.07) is 10.1. The Morgan fingerprint density at radius 2 is 2.28 bits per heavy atom. The van der Waals surface area contributed by atoms with Gasteiger partial charge in [0.15, 0.2) is 0 Å². The summed E-state index contributed by atoms with van der Waals surface area (Å²) in [5.74, 6) is 0.442. The van der Waals surface area contributed by atoms with Crippen LogP contribution in [0.4, 0.5) is 4.39 Å². The highest BCUT2D eigenvalue weighted by Gasteiger charge is 2.09. The standard InChI is InChI=1S/C14H13FN2O/c1-10(14-3-2-6-18-14)17-9-12-5-4-11(8-16)7-13(12)15/h2-7,10,17H,9H2,1H3. The third-order valence-corrected chi connectivity index (χ3v) is 2.75.